The quantitative estimate of drug-likeness (QED) is 0.773. The van der Waals surface area contributed by atoms with Crippen molar-refractivity contribution >= 4 is 0 Å². The third kappa shape index (κ3) is 2.97. The molecule has 1 aliphatic rings. The van der Waals surface area contributed by atoms with Crippen LogP contribution in [0.3, 0.4) is 0 Å². The van der Waals surface area contributed by atoms with Crippen molar-refractivity contribution in [1.82, 2.24) is 4.98 Å². The summed E-state index contributed by atoms with van der Waals surface area (Å²) >= 11 is 0. The van der Waals surface area contributed by atoms with Crippen molar-refractivity contribution in [2.45, 2.75) is 45.6 Å². The van der Waals surface area contributed by atoms with Crippen LogP contribution in [0.4, 0.5) is 0 Å². The van der Waals surface area contributed by atoms with Crippen LogP contribution in [-0.2, 0) is 0 Å². The van der Waals surface area contributed by atoms with Crippen LogP contribution in [0.15, 0.2) is 24.5 Å². The number of ether oxygens (including phenoxy) is 1. The number of rotatable bonds is 3. The Labute approximate surface area is 98.0 Å². The molecule has 0 bridgehead atoms. The molecule has 1 aromatic heterocycles. The molecular weight excluding hydrogens is 198 g/mol. The van der Waals surface area contributed by atoms with Gasteiger partial charge in [-0.15, -0.1) is 0 Å². The van der Waals surface area contributed by atoms with E-state index < -0.39 is 0 Å². The first kappa shape index (κ1) is 11.4. The summed E-state index contributed by atoms with van der Waals surface area (Å²) in [6.45, 7) is 4.66. The number of pyridine rings is 1. The van der Waals surface area contributed by atoms with Crippen molar-refractivity contribution in [1.29, 1.82) is 0 Å². The summed E-state index contributed by atoms with van der Waals surface area (Å²) in [6.07, 6.45) is 9.01. The van der Waals surface area contributed by atoms with Crippen LogP contribution in [0.25, 0.3) is 0 Å². The van der Waals surface area contributed by atoms with Gasteiger partial charge in [0.25, 0.3) is 0 Å². The minimum atomic E-state index is 0.414. The van der Waals surface area contributed by atoms with Gasteiger partial charge in [0.15, 0.2) is 0 Å². The van der Waals surface area contributed by atoms with Crippen molar-refractivity contribution in [3.8, 4) is 5.75 Å². The van der Waals surface area contributed by atoms with Gasteiger partial charge in [-0.1, -0.05) is 13.8 Å². The normalized spacial score (nSPS) is 25.7. The first-order valence-electron chi connectivity index (χ1n) is 6.32. The molecule has 0 N–H and O–H groups in total. The molecule has 0 atom stereocenters. The SMILES string of the molecule is CC(C)[C@H]1CC[C@H](Oc2ccncc2)CC1. The van der Waals surface area contributed by atoms with E-state index in [1.165, 1.54) is 25.7 Å². The third-order valence-corrected chi connectivity index (χ3v) is 3.61. The van der Waals surface area contributed by atoms with Crippen LogP contribution < -0.4 is 4.74 Å². The van der Waals surface area contributed by atoms with Gasteiger partial charge >= 0.3 is 0 Å². The monoisotopic (exact) mass is 219 g/mol. The molecule has 0 spiro atoms. The molecule has 0 aliphatic heterocycles. The minimum absolute atomic E-state index is 0.414. The fourth-order valence-electron chi connectivity index (χ4n) is 2.48. The molecule has 0 radical (unpaired) electrons. The Kier molecular flexibility index (Phi) is 3.81. The molecule has 1 fully saturated rings. The van der Waals surface area contributed by atoms with E-state index in [1.807, 2.05) is 12.1 Å². The first-order chi connectivity index (χ1) is 7.75. The molecule has 88 valence electrons. The number of nitrogens with zero attached hydrogens (tertiary/aromatic N) is 1. The summed E-state index contributed by atoms with van der Waals surface area (Å²) < 4.78 is 5.94. The van der Waals surface area contributed by atoms with E-state index in [9.17, 15) is 0 Å². The van der Waals surface area contributed by atoms with Crippen LogP contribution in [-0.4, -0.2) is 11.1 Å². The highest BCUT2D eigenvalue weighted by molar-refractivity contribution is 5.17. The summed E-state index contributed by atoms with van der Waals surface area (Å²) in [4.78, 5) is 3.99. The van der Waals surface area contributed by atoms with Gasteiger partial charge < -0.3 is 4.74 Å². The van der Waals surface area contributed by atoms with Gasteiger partial charge in [0.1, 0.15) is 5.75 Å². The molecule has 16 heavy (non-hydrogen) atoms. The van der Waals surface area contributed by atoms with Gasteiger partial charge in [-0.3, -0.25) is 4.98 Å². The highest BCUT2D eigenvalue weighted by Crippen LogP contribution is 2.31. The Morgan fingerprint density at radius 2 is 1.75 bits per heavy atom. The predicted molar refractivity (Wildman–Crippen MR) is 65.4 cm³/mol. The molecule has 2 nitrogen and oxygen atoms in total. The second-order valence-corrected chi connectivity index (χ2v) is 5.08. The van der Waals surface area contributed by atoms with Gasteiger partial charge in [0, 0.05) is 12.4 Å². The van der Waals surface area contributed by atoms with Crippen molar-refractivity contribution in [3.63, 3.8) is 0 Å². The zero-order valence-corrected chi connectivity index (χ0v) is 10.2. The van der Waals surface area contributed by atoms with E-state index >= 15 is 0 Å². The van der Waals surface area contributed by atoms with Gasteiger partial charge in [-0.25, -0.2) is 0 Å². The van der Waals surface area contributed by atoms with Crippen molar-refractivity contribution in [2.75, 3.05) is 0 Å². The Hall–Kier alpha value is -1.05. The topological polar surface area (TPSA) is 22.1 Å². The Morgan fingerprint density at radius 3 is 2.31 bits per heavy atom. The maximum Gasteiger partial charge on any atom is 0.122 e. The highest BCUT2D eigenvalue weighted by Gasteiger charge is 2.24. The zero-order valence-electron chi connectivity index (χ0n) is 10.2. The molecule has 2 heteroatoms. The summed E-state index contributed by atoms with van der Waals surface area (Å²) in [5.41, 5.74) is 0. The predicted octanol–water partition coefficient (Wildman–Crippen LogP) is 3.68. The standard InChI is InChI=1S/C14H21NO/c1-11(2)12-3-5-13(6-4-12)16-14-7-9-15-10-8-14/h7-13H,3-6H2,1-2H3/t12-,13-. The molecule has 0 saturated heterocycles. The average molecular weight is 219 g/mol. The molecule has 1 aliphatic carbocycles. The van der Waals surface area contributed by atoms with Crippen LogP contribution in [0.1, 0.15) is 39.5 Å². The fraction of sp³-hybridized carbons (Fsp3) is 0.643. The number of hydrogen-bond acceptors (Lipinski definition) is 2. The van der Waals surface area contributed by atoms with Crippen LogP contribution in [0, 0.1) is 11.8 Å². The molecular formula is C14H21NO. The van der Waals surface area contributed by atoms with Gasteiger partial charge in [-0.05, 0) is 49.7 Å². The maximum absolute atomic E-state index is 5.94. The summed E-state index contributed by atoms with van der Waals surface area (Å²) in [7, 11) is 0. The van der Waals surface area contributed by atoms with E-state index in [0.29, 0.717) is 6.10 Å². The zero-order chi connectivity index (χ0) is 11.4. The number of hydrogen-bond donors (Lipinski definition) is 0. The van der Waals surface area contributed by atoms with Gasteiger partial charge in [0.05, 0.1) is 6.10 Å². The molecule has 0 unspecified atom stereocenters. The highest BCUT2D eigenvalue weighted by atomic mass is 16.5. The largest absolute Gasteiger partial charge is 0.490 e. The minimum Gasteiger partial charge on any atom is -0.490 e. The molecule has 1 aromatic rings. The second kappa shape index (κ2) is 5.33. The fourth-order valence-corrected chi connectivity index (χ4v) is 2.48. The van der Waals surface area contributed by atoms with Crippen molar-refractivity contribution < 1.29 is 4.74 Å². The van der Waals surface area contributed by atoms with Gasteiger partial charge in [-0.2, -0.15) is 0 Å². The molecule has 1 heterocycles. The lowest BCUT2D eigenvalue weighted by atomic mass is 9.80. The summed E-state index contributed by atoms with van der Waals surface area (Å²) in [5.74, 6) is 2.68. The van der Waals surface area contributed by atoms with Crippen molar-refractivity contribution in [3.05, 3.63) is 24.5 Å². The van der Waals surface area contributed by atoms with Crippen LogP contribution >= 0.6 is 0 Å². The summed E-state index contributed by atoms with van der Waals surface area (Å²) in [6, 6.07) is 3.88. The van der Waals surface area contributed by atoms with E-state index in [-0.39, 0.29) is 0 Å². The van der Waals surface area contributed by atoms with E-state index in [0.717, 1.165) is 17.6 Å². The molecule has 0 aromatic carbocycles. The third-order valence-electron chi connectivity index (χ3n) is 3.61. The molecule has 1 saturated carbocycles. The van der Waals surface area contributed by atoms with Crippen LogP contribution in [0.2, 0.25) is 0 Å². The smallest absolute Gasteiger partial charge is 0.122 e. The lowest BCUT2D eigenvalue weighted by Crippen LogP contribution is -2.26. The molecule has 0 amide bonds. The van der Waals surface area contributed by atoms with E-state index in [1.54, 1.807) is 12.4 Å². The lowest BCUT2D eigenvalue weighted by Gasteiger charge is -2.31. The summed E-state index contributed by atoms with van der Waals surface area (Å²) in [5, 5.41) is 0. The van der Waals surface area contributed by atoms with Crippen molar-refractivity contribution in [2.24, 2.45) is 11.8 Å². The number of aromatic nitrogens is 1. The lowest BCUT2D eigenvalue weighted by molar-refractivity contribution is 0.116. The van der Waals surface area contributed by atoms with E-state index in [2.05, 4.69) is 18.8 Å². The Bertz CT molecular complexity index is 302. The first-order valence-corrected chi connectivity index (χ1v) is 6.32. The Morgan fingerprint density at radius 1 is 1.12 bits per heavy atom. The second-order valence-electron chi connectivity index (χ2n) is 5.08. The molecule has 2 rings (SSSR count). The van der Waals surface area contributed by atoms with E-state index in [4.69, 9.17) is 4.74 Å². The van der Waals surface area contributed by atoms with Gasteiger partial charge in [0.2, 0.25) is 0 Å². The average Bonchev–Trinajstić information content (AvgIpc) is 2.31. The maximum atomic E-state index is 5.94. The van der Waals surface area contributed by atoms with Crippen LogP contribution in [0.5, 0.6) is 5.75 Å². The Balaban J connectivity index is 1.82.